The smallest absolute Gasteiger partial charge is 0.241 e. The molecule has 0 radical (unpaired) electrons. The molecule has 1 aliphatic heterocycles. The van der Waals surface area contributed by atoms with E-state index >= 15 is 0 Å². The van der Waals surface area contributed by atoms with Crippen molar-refractivity contribution < 1.29 is 9.53 Å². The van der Waals surface area contributed by atoms with Gasteiger partial charge in [-0.05, 0) is 12.1 Å². The molecule has 1 atom stereocenters. The van der Waals surface area contributed by atoms with E-state index in [4.69, 9.17) is 4.74 Å². The van der Waals surface area contributed by atoms with Crippen LogP contribution in [0.2, 0.25) is 0 Å². The van der Waals surface area contributed by atoms with Crippen molar-refractivity contribution in [2.45, 2.75) is 12.6 Å². The molecule has 0 aliphatic carbocycles. The number of nitrogens with one attached hydrogen (secondary N) is 2. The van der Waals surface area contributed by atoms with Gasteiger partial charge in [-0.2, -0.15) is 0 Å². The van der Waals surface area contributed by atoms with Gasteiger partial charge in [0.2, 0.25) is 5.91 Å². The second-order valence-electron chi connectivity index (χ2n) is 4.86. The first-order valence-corrected chi connectivity index (χ1v) is 7.85. The molecule has 2 N–H and O–H groups in total. The van der Waals surface area contributed by atoms with Crippen LogP contribution < -0.4 is 15.4 Å². The Morgan fingerprint density at radius 3 is 3.14 bits per heavy atom. The molecule has 114 valence electrons. The summed E-state index contributed by atoms with van der Waals surface area (Å²) in [6.07, 6.45) is 5.63. The molecule has 2 heterocycles. The molecule has 1 amide bonds. The van der Waals surface area contributed by atoms with Gasteiger partial charge in [0.25, 0.3) is 0 Å². The van der Waals surface area contributed by atoms with E-state index in [2.05, 4.69) is 15.6 Å². The van der Waals surface area contributed by atoms with E-state index in [1.54, 1.807) is 24.6 Å². The van der Waals surface area contributed by atoms with Crippen LogP contribution in [0.1, 0.15) is 4.88 Å². The van der Waals surface area contributed by atoms with E-state index in [0.717, 1.165) is 27.7 Å². The number of nitrogens with zero attached hydrogens (tertiary/aromatic N) is 1. The SMILES string of the molecule is COc1ccccc1-c1ncc(CNC(=O)C2C=CCN2)s1. The van der Waals surface area contributed by atoms with Crippen molar-refractivity contribution in [1.82, 2.24) is 15.6 Å². The molecule has 5 nitrogen and oxygen atoms in total. The highest BCUT2D eigenvalue weighted by molar-refractivity contribution is 7.15. The van der Waals surface area contributed by atoms with E-state index in [1.165, 1.54) is 0 Å². The van der Waals surface area contributed by atoms with Crippen LogP contribution in [0.5, 0.6) is 5.75 Å². The molecule has 0 bridgehead atoms. The maximum atomic E-state index is 11.9. The van der Waals surface area contributed by atoms with Gasteiger partial charge in [-0.3, -0.25) is 10.1 Å². The maximum Gasteiger partial charge on any atom is 0.241 e. The van der Waals surface area contributed by atoms with E-state index in [0.29, 0.717) is 6.54 Å². The van der Waals surface area contributed by atoms with Crippen molar-refractivity contribution in [3.8, 4) is 16.3 Å². The lowest BCUT2D eigenvalue weighted by molar-refractivity contribution is -0.122. The van der Waals surface area contributed by atoms with Crippen molar-refractivity contribution in [2.75, 3.05) is 13.7 Å². The summed E-state index contributed by atoms with van der Waals surface area (Å²) < 4.78 is 5.36. The minimum atomic E-state index is -0.221. The first kappa shape index (κ1) is 14.7. The number of carbonyl (C=O) groups excluding carboxylic acids is 1. The van der Waals surface area contributed by atoms with E-state index < -0.39 is 0 Å². The zero-order valence-electron chi connectivity index (χ0n) is 12.2. The molecule has 0 spiro atoms. The number of amides is 1. The Labute approximate surface area is 133 Å². The molecule has 6 heteroatoms. The Hall–Kier alpha value is -2.18. The number of hydrogen-bond acceptors (Lipinski definition) is 5. The fourth-order valence-electron chi connectivity index (χ4n) is 2.27. The summed E-state index contributed by atoms with van der Waals surface area (Å²) in [5, 5.41) is 6.90. The second kappa shape index (κ2) is 6.72. The predicted molar refractivity (Wildman–Crippen MR) is 86.9 cm³/mol. The zero-order chi connectivity index (χ0) is 15.4. The van der Waals surface area contributed by atoms with Crippen LogP contribution in [0, 0.1) is 0 Å². The van der Waals surface area contributed by atoms with Gasteiger partial charge >= 0.3 is 0 Å². The zero-order valence-corrected chi connectivity index (χ0v) is 13.0. The van der Waals surface area contributed by atoms with Gasteiger partial charge in [-0.15, -0.1) is 11.3 Å². The van der Waals surface area contributed by atoms with Gasteiger partial charge in [0.1, 0.15) is 16.8 Å². The molecule has 3 rings (SSSR count). The highest BCUT2D eigenvalue weighted by Gasteiger charge is 2.17. The van der Waals surface area contributed by atoms with Gasteiger partial charge < -0.3 is 10.1 Å². The number of methoxy groups -OCH3 is 1. The van der Waals surface area contributed by atoms with E-state index in [1.807, 2.05) is 36.4 Å². The average molecular weight is 315 g/mol. The highest BCUT2D eigenvalue weighted by atomic mass is 32.1. The van der Waals surface area contributed by atoms with E-state index in [9.17, 15) is 4.79 Å². The summed E-state index contributed by atoms with van der Waals surface area (Å²) in [7, 11) is 1.65. The van der Waals surface area contributed by atoms with Crippen molar-refractivity contribution in [1.29, 1.82) is 0 Å². The van der Waals surface area contributed by atoms with E-state index in [-0.39, 0.29) is 11.9 Å². The Bertz CT molecular complexity index is 696. The van der Waals surface area contributed by atoms with Crippen molar-refractivity contribution in [2.24, 2.45) is 0 Å². The molecular weight excluding hydrogens is 298 g/mol. The van der Waals surface area contributed by atoms with Gasteiger partial charge in [-0.1, -0.05) is 24.3 Å². The summed E-state index contributed by atoms with van der Waals surface area (Å²) in [6, 6.07) is 7.56. The van der Waals surface area contributed by atoms with Gasteiger partial charge in [0.15, 0.2) is 0 Å². The van der Waals surface area contributed by atoms with Crippen molar-refractivity contribution >= 4 is 17.2 Å². The molecule has 1 aromatic carbocycles. The fraction of sp³-hybridized carbons (Fsp3) is 0.250. The standard InChI is InChI=1S/C16H17N3O2S/c1-21-14-7-3-2-5-12(14)16-19-10-11(22-16)9-18-15(20)13-6-4-8-17-13/h2-7,10,13,17H,8-9H2,1H3,(H,18,20). The van der Waals surface area contributed by atoms with Crippen molar-refractivity contribution in [3.05, 3.63) is 47.5 Å². The molecule has 1 aromatic heterocycles. The lowest BCUT2D eigenvalue weighted by atomic mass is 10.2. The summed E-state index contributed by atoms with van der Waals surface area (Å²) >= 11 is 1.56. The Kier molecular flexibility index (Phi) is 4.50. The van der Waals surface area contributed by atoms with Crippen LogP contribution >= 0.6 is 11.3 Å². The number of ether oxygens (including phenoxy) is 1. The highest BCUT2D eigenvalue weighted by Crippen LogP contribution is 2.32. The Balaban J connectivity index is 1.66. The summed E-state index contributed by atoms with van der Waals surface area (Å²) in [6.45, 7) is 1.23. The monoisotopic (exact) mass is 315 g/mol. The van der Waals surface area contributed by atoms with Crippen LogP contribution in [0.15, 0.2) is 42.6 Å². The lowest BCUT2D eigenvalue weighted by Gasteiger charge is -2.09. The molecule has 0 fully saturated rings. The number of benzene rings is 1. The number of rotatable bonds is 5. The third-order valence-electron chi connectivity index (χ3n) is 3.39. The summed E-state index contributed by atoms with van der Waals surface area (Å²) in [5.41, 5.74) is 0.966. The molecule has 22 heavy (non-hydrogen) atoms. The number of carbonyl (C=O) groups is 1. The number of hydrogen-bond donors (Lipinski definition) is 2. The molecule has 2 aromatic rings. The normalized spacial score (nSPS) is 16.7. The average Bonchev–Trinajstić information content (AvgIpc) is 3.24. The summed E-state index contributed by atoms with van der Waals surface area (Å²) in [5.74, 6) is 0.786. The predicted octanol–water partition coefficient (Wildman–Crippen LogP) is 1.96. The molecule has 0 saturated heterocycles. The van der Waals surface area contributed by atoms with Gasteiger partial charge in [0.05, 0.1) is 19.2 Å². The topological polar surface area (TPSA) is 63.2 Å². The first-order chi connectivity index (χ1) is 10.8. The Morgan fingerprint density at radius 1 is 1.50 bits per heavy atom. The van der Waals surface area contributed by atoms with Gasteiger partial charge in [0, 0.05) is 17.6 Å². The van der Waals surface area contributed by atoms with Crippen molar-refractivity contribution in [3.63, 3.8) is 0 Å². The molecule has 1 unspecified atom stereocenters. The third-order valence-corrected chi connectivity index (χ3v) is 4.43. The molecule has 0 saturated carbocycles. The quantitative estimate of drug-likeness (QED) is 0.828. The Morgan fingerprint density at radius 2 is 2.36 bits per heavy atom. The largest absolute Gasteiger partial charge is 0.496 e. The lowest BCUT2D eigenvalue weighted by Crippen LogP contribution is -2.39. The second-order valence-corrected chi connectivity index (χ2v) is 5.98. The molecular formula is C16H17N3O2S. The fourth-order valence-corrected chi connectivity index (χ4v) is 3.15. The first-order valence-electron chi connectivity index (χ1n) is 7.04. The minimum absolute atomic E-state index is 0.0130. The number of para-hydroxylation sites is 1. The van der Waals surface area contributed by atoms with Crippen LogP contribution in [-0.2, 0) is 11.3 Å². The maximum absolute atomic E-state index is 11.9. The van der Waals surface area contributed by atoms with Gasteiger partial charge in [-0.25, -0.2) is 4.98 Å². The van der Waals surface area contributed by atoms with Crippen LogP contribution in [0.4, 0.5) is 0 Å². The summed E-state index contributed by atoms with van der Waals surface area (Å²) in [4.78, 5) is 17.4. The van der Waals surface area contributed by atoms with Crippen LogP contribution in [0.25, 0.3) is 10.6 Å². The number of aromatic nitrogens is 1. The third kappa shape index (κ3) is 3.18. The van der Waals surface area contributed by atoms with Crippen LogP contribution in [-0.4, -0.2) is 30.6 Å². The minimum Gasteiger partial charge on any atom is -0.496 e. The van der Waals surface area contributed by atoms with Crippen LogP contribution in [0.3, 0.4) is 0 Å². The number of thiazole rings is 1. The molecule has 1 aliphatic rings.